The van der Waals surface area contributed by atoms with Crippen LogP contribution in [0.2, 0.25) is 0 Å². The Bertz CT molecular complexity index is 5760. The second kappa shape index (κ2) is 39.1. The number of fused-ring (bicyclic) bond motifs is 4. The third-order valence-electron chi connectivity index (χ3n) is 22.0. The van der Waals surface area contributed by atoms with Gasteiger partial charge in [0.05, 0.1) is 12.3 Å². The van der Waals surface area contributed by atoms with E-state index in [0.29, 0.717) is 5.69 Å². The number of nitrogens with zero attached hydrogens (tertiary/aromatic N) is 13. The summed E-state index contributed by atoms with van der Waals surface area (Å²) in [5, 5.41) is 0. The number of para-hydroxylation sites is 6. The first-order valence-electron chi connectivity index (χ1n) is 39.7. The summed E-state index contributed by atoms with van der Waals surface area (Å²) >= 11 is 0. The van der Waals surface area contributed by atoms with Crippen molar-refractivity contribution in [3.05, 3.63) is 415 Å². The normalized spacial score (nSPS) is 12.6. The maximum absolute atomic E-state index is 7.35. The minimum atomic E-state index is 0. The Labute approximate surface area is 774 Å². The van der Waals surface area contributed by atoms with Gasteiger partial charge >= 0.3 is 0 Å². The molecular weight excluding hydrogens is 2210 g/mol. The summed E-state index contributed by atoms with van der Waals surface area (Å²) in [6.45, 7) is 43.8. The summed E-state index contributed by atoms with van der Waals surface area (Å²) in [6, 6.07) is 106. The van der Waals surface area contributed by atoms with Crippen molar-refractivity contribution in [2.24, 2.45) is 0 Å². The van der Waals surface area contributed by atoms with Crippen molar-refractivity contribution in [3.8, 4) is 33.4 Å². The van der Waals surface area contributed by atoms with Crippen LogP contribution in [-0.2, 0) is 85.8 Å². The molecule has 4 aliphatic rings. The zero-order valence-electron chi connectivity index (χ0n) is 70.2. The Balaban J connectivity index is 0.000000147. The molecule has 19 rings (SSSR count). The van der Waals surface area contributed by atoms with Gasteiger partial charge in [0.25, 0.3) is 0 Å². The molecule has 0 unspecified atom stereocenters. The van der Waals surface area contributed by atoms with Gasteiger partial charge in [-0.3, -0.25) is 4.98 Å². The van der Waals surface area contributed by atoms with Crippen molar-refractivity contribution in [2.75, 3.05) is 39.2 Å². The zero-order chi connectivity index (χ0) is 81.9. The molecule has 0 spiro atoms. The van der Waals surface area contributed by atoms with Crippen molar-refractivity contribution in [1.82, 2.24) is 19.9 Å². The summed E-state index contributed by atoms with van der Waals surface area (Å²) < 4.78 is 0. The molecule has 0 aliphatic carbocycles. The van der Waals surface area contributed by atoms with Gasteiger partial charge in [0.15, 0.2) is 0 Å². The number of rotatable bonds is 11. The molecular formula is C105H91Ir4N13-8. The molecule has 0 amide bonds. The van der Waals surface area contributed by atoms with Crippen LogP contribution in [0, 0.1) is 127 Å². The predicted molar refractivity (Wildman–Crippen MR) is 487 cm³/mol. The quantitative estimate of drug-likeness (QED) is 0.116. The first kappa shape index (κ1) is 89.8. The van der Waals surface area contributed by atoms with E-state index >= 15 is 0 Å². The van der Waals surface area contributed by atoms with E-state index in [9.17, 15) is 0 Å². The summed E-state index contributed by atoms with van der Waals surface area (Å²) in [4.78, 5) is 39.2. The van der Waals surface area contributed by atoms with Crippen LogP contribution in [-0.4, -0.2) is 19.9 Å². The fourth-order valence-electron chi connectivity index (χ4n) is 16.0. The molecule has 0 N–H and O–H groups in total. The first-order valence-corrected chi connectivity index (χ1v) is 39.7. The van der Waals surface area contributed by atoms with Crippen LogP contribution in [0.1, 0.15) is 82.0 Å². The summed E-state index contributed by atoms with van der Waals surface area (Å²) in [6.07, 6.45) is 6.93. The van der Waals surface area contributed by atoms with E-state index in [4.69, 9.17) is 6.57 Å². The Morgan fingerprint density at radius 3 is 1.04 bits per heavy atom. The largest absolute Gasteiger partial charge is 0.493 e. The van der Waals surface area contributed by atoms with E-state index in [0.717, 1.165) is 85.7 Å². The zero-order valence-corrected chi connectivity index (χ0v) is 79.7. The van der Waals surface area contributed by atoms with E-state index < -0.39 is 0 Å². The van der Waals surface area contributed by atoms with Gasteiger partial charge in [0.2, 0.25) is 5.69 Å². The summed E-state index contributed by atoms with van der Waals surface area (Å²) in [7, 11) is 0. The summed E-state index contributed by atoms with van der Waals surface area (Å²) in [5.74, 6) is 3.35. The molecule has 17 heteroatoms. The molecule has 0 fully saturated rings. The van der Waals surface area contributed by atoms with Crippen LogP contribution in [0.5, 0.6) is 0 Å². The van der Waals surface area contributed by atoms with E-state index in [-0.39, 0.29) is 85.8 Å². The average Bonchev–Trinajstić information content (AvgIpc) is 1.63. The maximum Gasteiger partial charge on any atom is 0.207 e. The van der Waals surface area contributed by atoms with Gasteiger partial charge < -0.3 is 39.2 Å². The fraction of sp³-hybridized carbons (Fsp3) is 0.133. The Morgan fingerprint density at radius 2 is 0.615 bits per heavy atom. The van der Waals surface area contributed by atoms with Crippen LogP contribution >= 0.6 is 0 Å². The van der Waals surface area contributed by atoms with E-state index in [2.05, 4.69) is 393 Å². The molecule has 620 valence electrons. The minimum Gasteiger partial charge on any atom is -0.493 e. The predicted octanol–water partition coefficient (Wildman–Crippen LogP) is 27.1. The van der Waals surface area contributed by atoms with Gasteiger partial charge in [-0.15, -0.1) is 90.4 Å². The number of anilines is 16. The summed E-state index contributed by atoms with van der Waals surface area (Å²) in [5.41, 5.74) is 34.4. The monoisotopic (exact) mass is 2310 g/mol. The molecule has 4 radical (unpaired) electrons. The number of aryl methyl sites for hydroxylation is 10. The Morgan fingerprint density at radius 1 is 0.287 bits per heavy atom. The first-order chi connectivity index (χ1) is 57.3. The second-order valence-corrected chi connectivity index (χ2v) is 31.2. The molecule has 7 heterocycles. The van der Waals surface area contributed by atoms with Crippen LogP contribution in [0.15, 0.2) is 292 Å². The van der Waals surface area contributed by atoms with Crippen LogP contribution in [0.4, 0.5) is 97.2 Å². The molecule has 15 aromatic rings. The number of aromatic nitrogens is 4. The number of hydrogen-bond acceptors (Lipinski definition) is 12. The molecule has 0 atom stereocenters. The number of hydrogen-bond donors (Lipinski definition) is 0. The van der Waals surface area contributed by atoms with E-state index in [1.54, 1.807) is 18.6 Å². The van der Waals surface area contributed by atoms with E-state index in [1.165, 1.54) is 100 Å². The van der Waals surface area contributed by atoms with Gasteiger partial charge in [-0.2, -0.15) is 78.4 Å². The molecule has 122 heavy (non-hydrogen) atoms. The molecule has 4 aliphatic heterocycles. The second-order valence-electron chi connectivity index (χ2n) is 31.2. The molecule has 0 saturated carbocycles. The number of benzene rings is 12. The molecule has 13 nitrogen and oxygen atoms in total. The van der Waals surface area contributed by atoms with Crippen molar-refractivity contribution in [2.45, 2.75) is 95.4 Å². The Kier molecular flexibility index (Phi) is 28.8. The van der Waals surface area contributed by atoms with Crippen LogP contribution < -0.4 is 39.2 Å². The molecule has 3 aromatic heterocycles. The SMILES string of the molecule is Cc1ccccc1N1[CH-]N(c2[c-]ccc(-c3c(C)cccc3C)c2)c2ccccc21.Cc1ccccc1N1[CH-]N(c2[c-]ccc(-c3c(C)cccc3C)c2)c2cccnc21.Cc1ccccc1N1[CH-]N(c2[c-]ccc(-c3c(C)cccc3C)c2)c2nccnc21.[C-]#[N+]c1cnc2c(c1)N(c1ccccc1C)[CH-]N2c1[c-]cc(C(C)(C)C)cc1.[Ir].[Ir].[Ir].[Ir]. The van der Waals surface area contributed by atoms with Gasteiger partial charge in [-0.1, -0.05) is 166 Å². The maximum atomic E-state index is 7.35. The van der Waals surface area contributed by atoms with Gasteiger partial charge in [-0.05, 0) is 196 Å². The third kappa shape index (κ3) is 18.5. The fourth-order valence-corrected chi connectivity index (χ4v) is 16.0. The van der Waals surface area contributed by atoms with Crippen molar-refractivity contribution in [1.29, 1.82) is 0 Å². The van der Waals surface area contributed by atoms with Crippen molar-refractivity contribution in [3.63, 3.8) is 0 Å². The standard InChI is InChI=1S/C28H24N2.C27H23N3.C26H22N4.C24H22N4.4Ir/c1-20-10-4-5-15-25(20)30-19-29(26-16-6-7-17-27(26)30)24-14-9-13-23(18-24)28-21(2)11-8-12-22(28)3;1-19-9-4-5-14-24(19)30-18-29(25-15-8-16-28-27(25)30)23-13-7-12-22(17-23)26-20(2)10-6-11-21(26)3;1-18-8-4-5-13-23(18)30-17-29(25-26(30)28-15-14-27-25)22-12-7-11-21(16-22)24-19(2)9-6-10-20(24)3;1-17-8-6-7-9-21(17)28-16-27(23-22(28)14-19(25-5)15-26-23)20-12-10-18(11-13-20)24(2,3)4;;;;/h4-13,15-19H,1-3H3;4-12,14-18H,1-3H3;4-11,13-17H,1-3H3;6-12,14-16H,1-4H3;;;;/q4*-2;;;;. The van der Waals surface area contributed by atoms with Gasteiger partial charge in [0, 0.05) is 145 Å². The minimum absolute atomic E-state index is 0. The van der Waals surface area contributed by atoms with Crippen molar-refractivity contribution < 1.29 is 80.4 Å². The molecule has 0 saturated heterocycles. The van der Waals surface area contributed by atoms with E-state index in [1.807, 2.05) is 85.1 Å². The Hall–Kier alpha value is -11.5. The van der Waals surface area contributed by atoms with Crippen LogP contribution in [0.25, 0.3) is 38.2 Å². The van der Waals surface area contributed by atoms with Crippen molar-refractivity contribution >= 4 is 97.2 Å². The third-order valence-corrected chi connectivity index (χ3v) is 22.0. The number of pyridine rings is 2. The van der Waals surface area contributed by atoms with Gasteiger partial charge in [-0.25, -0.2) is 19.8 Å². The smallest absolute Gasteiger partial charge is 0.207 e. The molecule has 12 aromatic carbocycles. The van der Waals surface area contributed by atoms with Crippen LogP contribution in [0.3, 0.4) is 0 Å². The molecule has 0 bridgehead atoms. The topological polar surface area (TPSA) is 81.8 Å². The average molecular weight is 2300 g/mol. The van der Waals surface area contributed by atoms with Gasteiger partial charge in [0.1, 0.15) is 23.3 Å².